The van der Waals surface area contributed by atoms with Gasteiger partial charge in [-0.1, -0.05) is 12.1 Å². The van der Waals surface area contributed by atoms with Crippen LogP contribution in [-0.2, 0) is 10.0 Å². The van der Waals surface area contributed by atoms with Crippen molar-refractivity contribution in [2.45, 2.75) is 11.8 Å². The summed E-state index contributed by atoms with van der Waals surface area (Å²) in [6.45, 7) is 2.20. The number of aromatic nitrogens is 4. The fraction of sp³-hybridized carbons (Fsp3) is 0.143. The van der Waals surface area contributed by atoms with Crippen molar-refractivity contribution in [2.75, 3.05) is 12.3 Å². The molecule has 0 aliphatic carbocycles. The first-order chi connectivity index (χ1) is 11.4. The lowest BCUT2D eigenvalue weighted by molar-refractivity contribution is 0.330. The van der Waals surface area contributed by atoms with Crippen molar-refractivity contribution < 1.29 is 13.2 Å². The molecule has 1 aromatic carbocycles. The first-order valence-electron chi connectivity index (χ1n) is 6.95. The van der Waals surface area contributed by atoms with Gasteiger partial charge in [0, 0.05) is 5.56 Å². The van der Waals surface area contributed by atoms with Gasteiger partial charge in [-0.05, 0) is 19.1 Å². The molecule has 2 aromatic heterocycles. The molecule has 24 heavy (non-hydrogen) atoms. The smallest absolute Gasteiger partial charge is 0.247 e. The lowest BCUT2D eigenvalue weighted by atomic mass is 10.1. The molecule has 9 nitrogen and oxygen atoms in total. The monoisotopic (exact) mass is 346 g/mol. The van der Waals surface area contributed by atoms with Crippen molar-refractivity contribution in [3.05, 3.63) is 30.5 Å². The van der Waals surface area contributed by atoms with Crippen LogP contribution in [0.4, 0.5) is 5.95 Å². The molecular formula is C14H14N6O3S. The molecule has 0 amide bonds. The number of fused-ring (bicyclic) bond motifs is 1. The van der Waals surface area contributed by atoms with Crippen molar-refractivity contribution >= 4 is 27.1 Å². The molecule has 0 aliphatic rings. The quantitative estimate of drug-likeness (QED) is 0.702. The van der Waals surface area contributed by atoms with Gasteiger partial charge in [0.1, 0.15) is 0 Å². The van der Waals surface area contributed by atoms with Crippen LogP contribution in [0.3, 0.4) is 0 Å². The number of ether oxygens (including phenoxy) is 1. The van der Waals surface area contributed by atoms with Crippen molar-refractivity contribution in [1.82, 2.24) is 19.9 Å². The Balaban J connectivity index is 2.10. The zero-order valence-electron chi connectivity index (χ0n) is 12.7. The first-order valence-corrected chi connectivity index (χ1v) is 8.49. The number of nitrogen functional groups attached to an aromatic ring is 1. The van der Waals surface area contributed by atoms with Crippen LogP contribution in [0, 0.1) is 0 Å². The van der Waals surface area contributed by atoms with Crippen LogP contribution in [0.5, 0.6) is 5.88 Å². The third-order valence-corrected chi connectivity index (χ3v) is 4.08. The van der Waals surface area contributed by atoms with Gasteiger partial charge < -0.3 is 10.5 Å². The normalized spacial score (nSPS) is 11.6. The van der Waals surface area contributed by atoms with Gasteiger partial charge in [0.05, 0.1) is 23.4 Å². The summed E-state index contributed by atoms with van der Waals surface area (Å²) in [5.41, 5.74) is 7.49. The number of hydrogen-bond acceptors (Lipinski definition) is 8. The van der Waals surface area contributed by atoms with Crippen LogP contribution < -0.4 is 15.6 Å². The van der Waals surface area contributed by atoms with Crippen LogP contribution in [0.25, 0.3) is 22.4 Å². The van der Waals surface area contributed by atoms with Crippen molar-refractivity contribution in [1.29, 1.82) is 0 Å². The minimum atomic E-state index is -3.75. The highest BCUT2D eigenvalue weighted by Gasteiger charge is 2.13. The van der Waals surface area contributed by atoms with E-state index in [1.54, 1.807) is 12.1 Å². The zero-order valence-corrected chi connectivity index (χ0v) is 13.5. The molecule has 0 saturated carbocycles. The second-order valence-electron chi connectivity index (χ2n) is 4.82. The Morgan fingerprint density at radius 3 is 2.46 bits per heavy atom. The van der Waals surface area contributed by atoms with E-state index in [-0.39, 0.29) is 16.7 Å². The molecule has 0 unspecified atom stereocenters. The predicted molar refractivity (Wildman–Crippen MR) is 87.5 cm³/mol. The third-order valence-electron chi connectivity index (χ3n) is 3.15. The number of benzene rings is 1. The summed E-state index contributed by atoms with van der Waals surface area (Å²) in [4.78, 5) is 16.7. The Labute approximate surface area is 137 Å². The van der Waals surface area contributed by atoms with E-state index in [0.29, 0.717) is 29.0 Å². The van der Waals surface area contributed by atoms with Gasteiger partial charge in [0.25, 0.3) is 0 Å². The van der Waals surface area contributed by atoms with Gasteiger partial charge in [-0.15, -0.1) is 0 Å². The summed E-state index contributed by atoms with van der Waals surface area (Å²) < 4.78 is 28.0. The highest BCUT2D eigenvalue weighted by atomic mass is 32.2. The Hall–Kier alpha value is -2.85. The SMILES string of the molecule is CCOc1nc(N)nc2ncc(-c3ccc(S(N)(=O)=O)cc3)nc12. The average Bonchev–Trinajstić information content (AvgIpc) is 2.54. The highest BCUT2D eigenvalue weighted by Crippen LogP contribution is 2.24. The van der Waals surface area contributed by atoms with E-state index in [9.17, 15) is 8.42 Å². The van der Waals surface area contributed by atoms with Crippen molar-refractivity contribution in [2.24, 2.45) is 5.14 Å². The number of sulfonamides is 1. The second kappa shape index (κ2) is 5.98. The van der Waals surface area contributed by atoms with E-state index >= 15 is 0 Å². The standard InChI is InChI=1S/C14H14N6O3S/c1-2-23-13-11-12(19-14(15)20-13)17-7-10(18-11)8-3-5-9(6-4-8)24(16,21)22/h3-7H,2H2,1H3,(H2,16,21,22)(H2,15,17,19,20). The van der Waals surface area contributed by atoms with E-state index < -0.39 is 10.0 Å². The predicted octanol–water partition coefficient (Wildman–Crippen LogP) is 0.715. The molecule has 2 heterocycles. The maximum absolute atomic E-state index is 11.3. The number of nitrogens with zero attached hydrogens (tertiary/aromatic N) is 4. The highest BCUT2D eigenvalue weighted by molar-refractivity contribution is 7.89. The number of anilines is 1. The lowest BCUT2D eigenvalue weighted by Crippen LogP contribution is -2.11. The Morgan fingerprint density at radius 2 is 1.83 bits per heavy atom. The molecule has 0 atom stereocenters. The van der Waals surface area contributed by atoms with Crippen molar-refractivity contribution in [3.63, 3.8) is 0 Å². The molecule has 0 fully saturated rings. The number of rotatable bonds is 4. The van der Waals surface area contributed by atoms with Crippen LogP contribution in [0.2, 0.25) is 0 Å². The van der Waals surface area contributed by atoms with Crippen LogP contribution in [-0.4, -0.2) is 35.0 Å². The minimum absolute atomic E-state index is 0.0195. The molecule has 0 radical (unpaired) electrons. The Kier molecular flexibility index (Phi) is 3.99. The molecule has 4 N–H and O–H groups in total. The minimum Gasteiger partial charge on any atom is -0.476 e. The Morgan fingerprint density at radius 1 is 1.12 bits per heavy atom. The zero-order chi connectivity index (χ0) is 17.3. The molecule has 10 heteroatoms. The average molecular weight is 346 g/mol. The van der Waals surface area contributed by atoms with E-state index in [4.69, 9.17) is 15.6 Å². The lowest BCUT2D eigenvalue weighted by Gasteiger charge is -2.07. The van der Waals surface area contributed by atoms with Gasteiger partial charge in [0.2, 0.25) is 21.9 Å². The summed E-state index contributed by atoms with van der Waals surface area (Å²) >= 11 is 0. The summed E-state index contributed by atoms with van der Waals surface area (Å²) in [5.74, 6) is 0.293. The molecular weight excluding hydrogens is 332 g/mol. The number of hydrogen-bond donors (Lipinski definition) is 2. The molecule has 0 saturated heterocycles. The fourth-order valence-corrected chi connectivity index (χ4v) is 2.61. The summed E-state index contributed by atoms with van der Waals surface area (Å²) in [6.07, 6.45) is 1.51. The summed E-state index contributed by atoms with van der Waals surface area (Å²) in [6, 6.07) is 5.99. The summed E-state index contributed by atoms with van der Waals surface area (Å²) in [5, 5.41) is 5.09. The Bertz CT molecular complexity index is 1000. The van der Waals surface area contributed by atoms with Gasteiger partial charge in [-0.2, -0.15) is 9.97 Å². The van der Waals surface area contributed by atoms with E-state index in [0.717, 1.165) is 0 Å². The van der Waals surface area contributed by atoms with E-state index in [2.05, 4.69) is 19.9 Å². The topological polar surface area (TPSA) is 147 Å². The fourth-order valence-electron chi connectivity index (χ4n) is 2.09. The summed E-state index contributed by atoms with van der Waals surface area (Å²) in [7, 11) is -3.75. The molecule has 0 spiro atoms. The van der Waals surface area contributed by atoms with E-state index in [1.165, 1.54) is 18.3 Å². The second-order valence-corrected chi connectivity index (χ2v) is 6.38. The number of primary sulfonamides is 1. The van der Waals surface area contributed by atoms with Crippen LogP contribution >= 0.6 is 0 Å². The van der Waals surface area contributed by atoms with Gasteiger partial charge >= 0.3 is 0 Å². The maximum Gasteiger partial charge on any atom is 0.247 e. The third kappa shape index (κ3) is 3.09. The largest absolute Gasteiger partial charge is 0.476 e. The van der Waals surface area contributed by atoms with Gasteiger partial charge in [-0.3, -0.25) is 0 Å². The molecule has 124 valence electrons. The molecule has 3 rings (SSSR count). The number of nitrogens with two attached hydrogens (primary N) is 2. The molecule has 0 bridgehead atoms. The van der Waals surface area contributed by atoms with E-state index in [1.807, 2.05) is 6.92 Å². The van der Waals surface area contributed by atoms with Crippen molar-refractivity contribution in [3.8, 4) is 17.1 Å². The molecule has 3 aromatic rings. The first kappa shape index (κ1) is 16.0. The van der Waals surface area contributed by atoms with Gasteiger partial charge in [-0.25, -0.2) is 23.5 Å². The van der Waals surface area contributed by atoms with Gasteiger partial charge in [0.15, 0.2) is 11.2 Å². The van der Waals surface area contributed by atoms with Crippen LogP contribution in [0.1, 0.15) is 6.92 Å². The van der Waals surface area contributed by atoms with Crippen LogP contribution in [0.15, 0.2) is 35.4 Å². The maximum atomic E-state index is 11.3. The molecule has 0 aliphatic heterocycles.